The summed E-state index contributed by atoms with van der Waals surface area (Å²) in [4.78, 5) is 12.7. The van der Waals surface area contributed by atoms with Gasteiger partial charge in [0.05, 0.1) is 12.5 Å². The Labute approximate surface area is 66.0 Å². The second-order valence-corrected chi connectivity index (χ2v) is 2.66. The van der Waals surface area contributed by atoms with Crippen molar-refractivity contribution in [3.05, 3.63) is 0 Å². The van der Waals surface area contributed by atoms with E-state index in [-0.39, 0.29) is 18.4 Å². The summed E-state index contributed by atoms with van der Waals surface area (Å²) in [5.41, 5.74) is 0. The van der Waals surface area contributed by atoms with Gasteiger partial charge in [-0.05, 0) is 6.42 Å². The standard InChI is InChI=1S/C8H11NO2/c1-2-3-8(11)9-5-4-7(10)6-9/h1,7,10H,3-6H2/t7-/m1/s1. The zero-order chi connectivity index (χ0) is 8.27. The molecule has 0 aromatic heterocycles. The Balaban J connectivity index is 2.38. The molecular formula is C8H11NO2. The third kappa shape index (κ3) is 1.95. The summed E-state index contributed by atoms with van der Waals surface area (Å²) in [6.07, 6.45) is 5.44. The van der Waals surface area contributed by atoms with Crippen molar-refractivity contribution in [3.8, 4) is 12.3 Å². The highest BCUT2D eigenvalue weighted by Crippen LogP contribution is 2.09. The zero-order valence-corrected chi connectivity index (χ0v) is 6.29. The van der Waals surface area contributed by atoms with E-state index in [1.165, 1.54) is 0 Å². The number of terminal acetylenes is 1. The monoisotopic (exact) mass is 153 g/mol. The Morgan fingerprint density at radius 1 is 1.82 bits per heavy atom. The summed E-state index contributed by atoms with van der Waals surface area (Å²) >= 11 is 0. The summed E-state index contributed by atoms with van der Waals surface area (Å²) in [6.45, 7) is 1.09. The number of carbonyl (C=O) groups excluding carboxylic acids is 1. The molecule has 1 aliphatic heterocycles. The average Bonchev–Trinajstić information content (AvgIpc) is 2.36. The first kappa shape index (κ1) is 8.09. The summed E-state index contributed by atoms with van der Waals surface area (Å²) in [5.74, 6) is 2.23. The van der Waals surface area contributed by atoms with Gasteiger partial charge in [0.1, 0.15) is 0 Å². The van der Waals surface area contributed by atoms with Gasteiger partial charge in [-0.2, -0.15) is 0 Å². The molecule has 0 radical (unpaired) electrons. The largest absolute Gasteiger partial charge is 0.391 e. The highest BCUT2D eigenvalue weighted by atomic mass is 16.3. The molecule has 1 amide bonds. The predicted octanol–water partition coefficient (Wildman–Crippen LogP) is -0.397. The Bertz CT molecular complexity index is 195. The number of hydrogen-bond acceptors (Lipinski definition) is 2. The lowest BCUT2D eigenvalue weighted by atomic mass is 10.3. The van der Waals surface area contributed by atoms with Crippen LogP contribution in [0.1, 0.15) is 12.8 Å². The quantitative estimate of drug-likeness (QED) is 0.521. The van der Waals surface area contributed by atoms with Crippen LogP contribution in [-0.4, -0.2) is 35.1 Å². The van der Waals surface area contributed by atoms with Crippen LogP contribution in [0.15, 0.2) is 0 Å². The number of amides is 1. The normalized spacial score (nSPS) is 23.3. The number of hydrogen-bond donors (Lipinski definition) is 1. The SMILES string of the molecule is C#CCC(=O)N1CC[C@@H](O)C1. The second kappa shape index (κ2) is 3.40. The van der Waals surface area contributed by atoms with Crippen LogP contribution in [0, 0.1) is 12.3 Å². The van der Waals surface area contributed by atoms with Crippen molar-refractivity contribution in [1.29, 1.82) is 0 Å². The first-order chi connectivity index (χ1) is 5.24. The van der Waals surface area contributed by atoms with Gasteiger partial charge in [-0.15, -0.1) is 6.42 Å². The molecule has 11 heavy (non-hydrogen) atoms. The minimum absolute atomic E-state index is 0.0518. The van der Waals surface area contributed by atoms with E-state index in [9.17, 15) is 4.79 Å². The van der Waals surface area contributed by atoms with E-state index in [1.807, 2.05) is 0 Å². The van der Waals surface area contributed by atoms with Gasteiger partial charge in [0.25, 0.3) is 0 Å². The summed E-state index contributed by atoms with van der Waals surface area (Å²) in [5, 5.41) is 9.07. The number of carbonyl (C=O) groups is 1. The third-order valence-corrected chi connectivity index (χ3v) is 1.77. The zero-order valence-electron chi connectivity index (χ0n) is 6.29. The molecule has 0 spiro atoms. The predicted molar refractivity (Wildman–Crippen MR) is 40.7 cm³/mol. The molecule has 1 saturated heterocycles. The Morgan fingerprint density at radius 3 is 3.00 bits per heavy atom. The van der Waals surface area contributed by atoms with Crippen LogP contribution in [0.25, 0.3) is 0 Å². The van der Waals surface area contributed by atoms with Crippen molar-refractivity contribution in [2.45, 2.75) is 18.9 Å². The number of likely N-dealkylation sites (tertiary alicyclic amines) is 1. The maximum atomic E-state index is 11.1. The first-order valence-electron chi connectivity index (χ1n) is 3.63. The lowest BCUT2D eigenvalue weighted by molar-refractivity contribution is -0.129. The third-order valence-electron chi connectivity index (χ3n) is 1.77. The van der Waals surface area contributed by atoms with Gasteiger partial charge < -0.3 is 10.0 Å². The Morgan fingerprint density at radius 2 is 2.55 bits per heavy atom. The van der Waals surface area contributed by atoms with Crippen molar-refractivity contribution in [1.82, 2.24) is 4.90 Å². The molecule has 0 bridgehead atoms. The van der Waals surface area contributed by atoms with Crippen LogP contribution < -0.4 is 0 Å². The smallest absolute Gasteiger partial charge is 0.234 e. The maximum Gasteiger partial charge on any atom is 0.234 e. The molecule has 1 atom stereocenters. The van der Waals surface area contributed by atoms with Gasteiger partial charge in [0, 0.05) is 13.1 Å². The second-order valence-electron chi connectivity index (χ2n) is 2.66. The van der Waals surface area contributed by atoms with Crippen LogP contribution in [0.4, 0.5) is 0 Å². The molecule has 0 aromatic carbocycles. The highest BCUT2D eigenvalue weighted by molar-refractivity contribution is 5.78. The molecule has 0 saturated carbocycles. The van der Waals surface area contributed by atoms with Crippen molar-refractivity contribution < 1.29 is 9.90 Å². The number of aliphatic hydroxyl groups excluding tert-OH is 1. The van der Waals surface area contributed by atoms with Gasteiger partial charge in [-0.1, -0.05) is 5.92 Å². The highest BCUT2D eigenvalue weighted by Gasteiger charge is 2.23. The van der Waals surface area contributed by atoms with E-state index in [4.69, 9.17) is 11.5 Å². The van der Waals surface area contributed by atoms with Crippen molar-refractivity contribution in [2.24, 2.45) is 0 Å². The number of aliphatic hydroxyl groups is 1. The van der Waals surface area contributed by atoms with Crippen LogP contribution >= 0.6 is 0 Å². The summed E-state index contributed by atoms with van der Waals surface area (Å²) in [7, 11) is 0. The fraction of sp³-hybridized carbons (Fsp3) is 0.625. The van der Waals surface area contributed by atoms with Gasteiger partial charge in [0.2, 0.25) is 5.91 Å². The molecule has 3 nitrogen and oxygen atoms in total. The van der Waals surface area contributed by atoms with Gasteiger partial charge in [0.15, 0.2) is 0 Å². The fourth-order valence-electron chi connectivity index (χ4n) is 1.17. The Kier molecular flexibility index (Phi) is 2.50. The lowest BCUT2D eigenvalue weighted by Gasteiger charge is -2.12. The number of nitrogens with zero attached hydrogens (tertiary/aromatic N) is 1. The summed E-state index contributed by atoms with van der Waals surface area (Å²) < 4.78 is 0. The van der Waals surface area contributed by atoms with Crippen LogP contribution in [0.2, 0.25) is 0 Å². The van der Waals surface area contributed by atoms with Gasteiger partial charge in [-0.25, -0.2) is 0 Å². The summed E-state index contributed by atoms with van der Waals surface area (Å²) in [6, 6.07) is 0. The molecular weight excluding hydrogens is 142 g/mol. The average molecular weight is 153 g/mol. The molecule has 1 fully saturated rings. The first-order valence-corrected chi connectivity index (χ1v) is 3.63. The molecule has 1 N–H and O–H groups in total. The lowest BCUT2D eigenvalue weighted by Crippen LogP contribution is -2.28. The number of rotatable bonds is 1. The van der Waals surface area contributed by atoms with Crippen LogP contribution in [0.3, 0.4) is 0 Å². The molecule has 0 aromatic rings. The van der Waals surface area contributed by atoms with E-state index in [2.05, 4.69) is 5.92 Å². The molecule has 3 heteroatoms. The minimum Gasteiger partial charge on any atom is -0.391 e. The van der Waals surface area contributed by atoms with E-state index >= 15 is 0 Å². The maximum absolute atomic E-state index is 11.1. The molecule has 0 aliphatic carbocycles. The fourth-order valence-corrected chi connectivity index (χ4v) is 1.17. The topological polar surface area (TPSA) is 40.5 Å². The molecule has 1 rings (SSSR count). The van der Waals surface area contributed by atoms with Crippen molar-refractivity contribution >= 4 is 5.91 Å². The van der Waals surface area contributed by atoms with E-state index in [0.29, 0.717) is 19.5 Å². The molecule has 1 aliphatic rings. The van der Waals surface area contributed by atoms with E-state index in [0.717, 1.165) is 0 Å². The van der Waals surface area contributed by atoms with Crippen LogP contribution in [-0.2, 0) is 4.79 Å². The number of β-amino-alcohol motifs (C(OH)–C–C–N with tert-alkyl or cyclic N) is 1. The molecule has 60 valence electrons. The minimum atomic E-state index is -0.350. The Hall–Kier alpha value is -1.01. The molecule has 0 unspecified atom stereocenters. The van der Waals surface area contributed by atoms with E-state index < -0.39 is 0 Å². The van der Waals surface area contributed by atoms with Crippen molar-refractivity contribution in [3.63, 3.8) is 0 Å². The van der Waals surface area contributed by atoms with E-state index in [1.54, 1.807) is 4.90 Å². The van der Waals surface area contributed by atoms with Crippen molar-refractivity contribution in [2.75, 3.05) is 13.1 Å². The van der Waals surface area contributed by atoms with Gasteiger partial charge in [-0.3, -0.25) is 4.79 Å². The molecule has 1 heterocycles. The van der Waals surface area contributed by atoms with Crippen LogP contribution in [0.5, 0.6) is 0 Å². The van der Waals surface area contributed by atoms with Gasteiger partial charge >= 0.3 is 0 Å².